The van der Waals surface area contributed by atoms with E-state index in [0.29, 0.717) is 5.82 Å². The first kappa shape index (κ1) is 7.86. The lowest BCUT2D eigenvalue weighted by atomic mass is 10.2. The molecule has 0 bridgehead atoms. The quantitative estimate of drug-likeness (QED) is 0.672. The van der Waals surface area contributed by atoms with E-state index in [1.807, 2.05) is 37.3 Å². The topological polar surface area (TPSA) is 38.0 Å². The van der Waals surface area contributed by atoms with Gasteiger partial charge in [0.15, 0.2) is 5.82 Å². The molecular formula is C10H10N2O. The predicted octanol–water partition coefficient (Wildman–Crippen LogP) is 2.10. The van der Waals surface area contributed by atoms with Crippen LogP contribution in [0.1, 0.15) is 5.69 Å². The van der Waals surface area contributed by atoms with Gasteiger partial charge in [0.2, 0.25) is 0 Å². The molecule has 1 heterocycles. The van der Waals surface area contributed by atoms with Crippen LogP contribution < -0.4 is 0 Å². The Hall–Kier alpha value is -1.77. The molecule has 0 saturated heterocycles. The molecule has 0 unspecified atom stereocenters. The van der Waals surface area contributed by atoms with Crippen LogP contribution in [0.4, 0.5) is 0 Å². The zero-order chi connectivity index (χ0) is 9.26. The van der Waals surface area contributed by atoms with Gasteiger partial charge in [-0.25, -0.2) is 4.98 Å². The van der Waals surface area contributed by atoms with Crippen LogP contribution in [-0.4, -0.2) is 14.9 Å². The molecule has 0 aliphatic carbocycles. The maximum Gasteiger partial charge on any atom is 0.175 e. The number of rotatable bonds is 1. The van der Waals surface area contributed by atoms with Crippen molar-refractivity contribution in [1.29, 1.82) is 0 Å². The van der Waals surface area contributed by atoms with Gasteiger partial charge < -0.3 is 5.21 Å². The van der Waals surface area contributed by atoms with Gasteiger partial charge >= 0.3 is 0 Å². The fourth-order valence-corrected chi connectivity index (χ4v) is 1.27. The van der Waals surface area contributed by atoms with Crippen LogP contribution in [0.25, 0.3) is 11.4 Å². The Morgan fingerprint density at radius 2 is 1.92 bits per heavy atom. The zero-order valence-electron chi connectivity index (χ0n) is 7.31. The van der Waals surface area contributed by atoms with Gasteiger partial charge in [0, 0.05) is 5.56 Å². The molecule has 0 radical (unpaired) electrons. The molecule has 0 amide bonds. The number of aryl methyl sites for hydroxylation is 1. The molecule has 3 nitrogen and oxygen atoms in total. The summed E-state index contributed by atoms with van der Waals surface area (Å²) < 4.78 is 1.05. The van der Waals surface area contributed by atoms with Crippen molar-refractivity contribution in [3.8, 4) is 11.4 Å². The van der Waals surface area contributed by atoms with E-state index in [1.54, 1.807) is 6.20 Å². The molecule has 2 aromatic rings. The Kier molecular flexibility index (Phi) is 1.77. The van der Waals surface area contributed by atoms with Crippen LogP contribution in [0.5, 0.6) is 0 Å². The van der Waals surface area contributed by atoms with E-state index in [-0.39, 0.29) is 0 Å². The Morgan fingerprint density at radius 1 is 1.23 bits per heavy atom. The highest BCUT2D eigenvalue weighted by molar-refractivity contribution is 5.55. The maximum absolute atomic E-state index is 9.44. The molecule has 1 aromatic heterocycles. The van der Waals surface area contributed by atoms with Gasteiger partial charge in [-0.3, -0.25) is 0 Å². The van der Waals surface area contributed by atoms with Crippen LogP contribution in [-0.2, 0) is 0 Å². The highest BCUT2D eigenvalue weighted by Gasteiger charge is 2.05. The molecular weight excluding hydrogens is 164 g/mol. The molecule has 66 valence electrons. The summed E-state index contributed by atoms with van der Waals surface area (Å²) in [6, 6.07) is 9.59. The Labute approximate surface area is 76.2 Å². The second-order valence-corrected chi connectivity index (χ2v) is 2.92. The summed E-state index contributed by atoms with van der Waals surface area (Å²) in [7, 11) is 0. The van der Waals surface area contributed by atoms with Crippen molar-refractivity contribution < 1.29 is 5.21 Å². The summed E-state index contributed by atoms with van der Waals surface area (Å²) in [5.74, 6) is 0.582. The van der Waals surface area contributed by atoms with Crippen molar-refractivity contribution in [2.45, 2.75) is 6.92 Å². The predicted molar refractivity (Wildman–Crippen MR) is 49.6 cm³/mol. The summed E-state index contributed by atoms with van der Waals surface area (Å²) in [5, 5.41) is 9.44. The number of aromatic nitrogens is 2. The van der Waals surface area contributed by atoms with Crippen LogP contribution in [0.2, 0.25) is 0 Å². The molecule has 3 heteroatoms. The van der Waals surface area contributed by atoms with E-state index < -0.39 is 0 Å². The van der Waals surface area contributed by atoms with E-state index in [4.69, 9.17) is 0 Å². The van der Waals surface area contributed by atoms with Gasteiger partial charge in [0.05, 0.1) is 11.9 Å². The first-order valence-corrected chi connectivity index (χ1v) is 4.08. The number of hydrogen-bond donors (Lipinski definition) is 1. The van der Waals surface area contributed by atoms with Gasteiger partial charge in [0.1, 0.15) is 0 Å². The smallest absolute Gasteiger partial charge is 0.175 e. The third-order valence-corrected chi connectivity index (χ3v) is 1.84. The molecule has 0 atom stereocenters. The second-order valence-electron chi connectivity index (χ2n) is 2.92. The normalized spacial score (nSPS) is 10.2. The molecule has 0 saturated carbocycles. The Morgan fingerprint density at radius 3 is 2.46 bits per heavy atom. The highest BCUT2D eigenvalue weighted by Crippen LogP contribution is 2.16. The molecule has 0 aliphatic rings. The summed E-state index contributed by atoms with van der Waals surface area (Å²) in [6.07, 6.45) is 1.59. The summed E-state index contributed by atoms with van der Waals surface area (Å²) in [6.45, 7) is 1.85. The van der Waals surface area contributed by atoms with Gasteiger partial charge in [-0.15, -0.1) is 0 Å². The highest BCUT2D eigenvalue weighted by atomic mass is 16.5. The standard InChI is InChI=1S/C10H10N2O/c1-8-7-12(13)10(11-8)9-5-3-2-4-6-9/h2-7,13H,1H3. The third kappa shape index (κ3) is 1.40. The molecule has 13 heavy (non-hydrogen) atoms. The largest absolute Gasteiger partial charge is 0.427 e. The van der Waals surface area contributed by atoms with E-state index in [1.165, 1.54) is 0 Å². The van der Waals surface area contributed by atoms with E-state index >= 15 is 0 Å². The molecule has 0 fully saturated rings. The lowest BCUT2D eigenvalue weighted by Gasteiger charge is -1.98. The number of benzene rings is 1. The number of hydrogen-bond acceptors (Lipinski definition) is 2. The van der Waals surface area contributed by atoms with Gasteiger partial charge in [-0.05, 0) is 6.92 Å². The first-order chi connectivity index (χ1) is 6.27. The average molecular weight is 174 g/mol. The molecule has 0 aliphatic heterocycles. The summed E-state index contributed by atoms with van der Waals surface area (Å²) >= 11 is 0. The van der Waals surface area contributed by atoms with Crippen LogP contribution >= 0.6 is 0 Å². The molecule has 1 aromatic carbocycles. The molecule has 2 rings (SSSR count). The van der Waals surface area contributed by atoms with Crippen molar-refractivity contribution in [3.05, 3.63) is 42.2 Å². The lowest BCUT2D eigenvalue weighted by Crippen LogP contribution is -1.91. The fourth-order valence-electron chi connectivity index (χ4n) is 1.27. The molecule has 0 spiro atoms. The van der Waals surface area contributed by atoms with Gasteiger partial charge in [-0.1, -0.05) is 30.3 Å². The van der Waals surface area contributed by atoms with Gasteiger partial charge in [-0.2, -0.15) is 4.73 Å². The van der Waals surface area contributed by atoms with Gasteiger partial charge in [0.25, 0.3) is 0 Å². The minimum absolute atomic E-state index is 0.582. The maximum atomic E-state index is 9.44. The van der Waals surface area contributed by atoms with E-state index in [9.17, 15) is 5.21 Å². The minimum Gasteiger partial charge on any atom is -0.427 e. The Balaban J connectivity index is 2.53. The van der Waals surface area contributed by atoms with Crippen LogP contribution in [0.3, 0.4) is 0 Å². The first-order valence-electron chi connectivity index (χ1n) is 4.08. The van der Waals surface area contributed by atoms with E-state index in [0.717, 1.165) is 16.0 Å². The van der Waals surface area contributed by atoms with Crippen LogP contribution in [0, 0.1) is 6.92 Å². The number of nitrogens with zero attached hydrogens (tertiary/aromatic N) is 2. The number of imidazole rings is 1. The average Bonchev–Trinajstić information content (AvgIpc) is 2.47. The monoisotopic (exact) mass is 174 g/mol. The SMILES string of the molecule is Cc1cn(O)c(-c2ccccc2)n1. The fraction of sp³-hybridized carbons (Fsp3) is 0.100. The zero-order valence-corrected chi connectivity index (χ0v) is 7.31. The summed E-state index contributed by atoms with van der Waals surface area (Å²) in [4.78, 5) is 4.19. The van der Waals surface area contributed by atoms with Crippen molar-refractivity contribution in [3.63, 3.8) is 0 Å². The Bertz CT molecular complexity index is 406. The van der Waals surface area contributed by atoms with Crippen molar-refractivity contribution >= 4 is 0 Å². The second kappa shape index (κ2) is 2.94. The summed E-state index contributed by atoms with van der Waals surface area (Å²) in [5.41, 5.74) is 1.72. The van der Waals surface area contributed by atoms with Crippen molar-refractivity contribution in [2.75, 3.05) is 0 Å². The third-order valence-electron chi connectivity index (χ3n) is 1.84. The van der Waals surface area contributed by atoms with E-state index in [2.05, 4.69) is 4.98 Å². The van der Waals surface area contributed by atoms with Crippen molar-refractivity contribution in [2.24, 2.45) is 0 Å². The van der Waals surface area contributed by atoms with Crippen molar-refractivity contribution in [1.82, 2.24) is 9.71 Å². The van der Waals surface area contributed by atoms with Crippen LogP contribution in [0.15, 0.2) is 36.5 Å². The molecule has 1 N–H and O–H groups in total. The lowest BCUT2D eigenvalue weighted by molar-refractivity contribution is 0.190. The minimum atomic E-state index is 0.582.